The molecule has 1 aliphatic rings. The number of carbonyl (C=O) groups is 1. The first-order valence-corrected chi connectivity index (χ1v) is 4.72. The lowest BCUT2D eigenvalue weighted by Gasteiger charge is -2.36. The first kappa shape index (κ1) is 9.69. The molecular formula is C11H11N3O. The third-order valence-electron chi connectivity index (χ3n) is 2.62. The van der Waals surface area contributed by atoms with Gasteiger partial charge in [0.05, 0.1) is 17.8 Å². The maximum atomic E-state index is 11.4. The van der Waals surface area contributed by atoms with Crippen LogP contribution in [0.15, 0.2) is 18.2 Å². The fourth-order valence-electron chi connectivity index (χ4n) is 1.69. The molecule has 2 N–H and O–H groups in total. The van der Waals surface area contributed by atoms with E-state index in [-0.39, 0.29) is 5.91 Å². The van der Waals surface area contributed by atoms with Gasteiger partial charge in [0.2, 0.25) is 5.91 Å². The van der Waals surface area contributed by atoms with Gasteiger partial charge in [-0.25, -0.2) is 0 Å². The predicted octanol–water partition coefficient (Wildman–Crippen LogP) is 0.541. The first-order valence-electron chi connectivity index (χ1n) is 4.72. The standard InChI is InChI=1S/C11H11N3O/c1-7-3-2-4-10(8(7)5-12)14-6-9(13)11(14)15/h2-4,9H,6,13H2,1H3. The van der Waals surface area contributed by atoms with Crippen LogP contribution in [-0.2, 0) is 4.79 Å². The molecule has 1 heterocycles. The fraction of sp³-hybridized carbons (Fsp3) is 0.273. The lowest BCUT2D eigenvalue weighted by molar-refractivity contribution is -0.123. The molecule has 1 aromatic carbocycles. The van der Waals surface area contributed by atoms with Crippen LogP contribution in [0.3, 0.4) is 0 Å². The normalized spacial score (nSPS) is 19.7. The first-order chi connectivity index (χ1) is 7.15. The summed E-state index contributed by atoms with van der Waals surface area (Å²) in [6.07, 6.45) is 0. The quantitative estimate of drug-likeness (QED) is 0.674. The molecule has 0 aromatic heterocycles. The van der Waals surface area contributed by atoms with Crippen molar-refractivity contribution >= 4 is 11.6 Å². The minimum Gasteiger partial charge on any atom is -0.318 e. The van der Waals surface area contributed by atoms with E-state index < -0.39 is 6.04 Å². The molecule has 76 valence electrons. The molecule has 1 aliphatic heterocycles. The zero-order valence-electron chi connectivity index (χ0n) is 8.40. The molecular weight excluding hydrogens is 190 g/mol. The van der Waals surface area contributed by atoms with E-state index >= 15 is 0 Å². The Morgan fingerprint density at radius 1 is 1.60 bits per heavy atom. The van der Waals surface area contributed by atoms with Crippen LogP contribution < -0.4 is 10.6 Å². The van der Waals surface area contributed by atoms with Gasteiger partial charge in [0, 0.05) is 0 Å². The van der Waals surface area contributed by atoms with Crippen LogP contribution >= 0.6 is 0 Å². The van der Waals surface area contributed by atoms with Gasteiger partial charge >= 0.3 is 0 Å². The van der Waals surface area contributed by atoms with Crippen molar-refractivity contribution in [3.63, 3.8) is 0 Å². The maximum absolute atomic E-state index is 11.4. The zero-order chi connectivity index (χ0) is 11.0. The molecule has 1 saturated heterocycles. The monoisotopic (exact) mass is 201 g/mol. The van der Waals surface area contributed by atoms with Crippen LogP contribution in [0.2, 0.25) is 0 Å². The summed E-state index contributed by atoms with van der Waals surface area (Å²) >= 11 is 0. The molecule has 4 nitrogen and oxygen atoms in total. The van der Waals surface area contributed by atoms with Gasteiger partial charge in [0.25, 0.3) is 0 Å². The van der Waals surface area contributed by atoms with E-state index in [0.29, 0.717) is 17.8 Å². The third-order valence-corrected chi connectivity index (χ3v) is 2.62. The average Bonchev–Trinajstić information content (AvgIpc) is 2.25. The Kier molecular flexibility index (Phi) is 2.18. The number of benzene rings is 1. The number of carbonyl (C=O) groups excluding carboxylic acids is 1. The molecule has 0 spiro atoms. The van der Waals surface area contributed by atoms with Gasteiger partial charge in [-0.15, -0.1) is 0 Å². The molecule has 0 radical (unpaired) electrons. The number of hydrogen-bond donors (Lipinski definition) is 1. The number of anilines is 1. The highest BCUT2D eigenvalue weighted by atomic mass is 16.2. The van der Waals surface area contributed by atoms with Crippen molar-refractivity contribution in [2.75, 3.05) is 11.4 Å². The van der Waals surface area contributed by atoms with Gasteiger partial charge in [-0.05, 0) is 18.6 Å². The highest BCUT2D eigenvalue weighted by molar-refractivity contribution is 6.04. The van der Waals surface area contributed by atoms with Crippen LogP contribution in [-0.4, -0.2) is 18.5 Å². The Hall–Kier alpha value is -1.86. The summed E-state index contributed by atoms with van der Waals surface area (Å²) in [6, 6.07) is 7.17. The average molecular weight is 201 g/mol. The number of hydrogen-bond acceptors (Lipinski definition) is 3. The smallest absolute Gasteiger partial charge is 0.245 e. The molecule has 0 bridgehead atoms. The largest absolute Gasteiger partial charge is 0.318 e. The van der Waals surface area contributed by atoms with E-state index in [9.17, 15) is 4.79 Å². The minimum atomic E-state index is -0.406. The topological polar surface area (TPSA) is 70.1 Å². The number of nitrogens with zero attached hydrogens (tertiary/aromatic N) is 2. The molecule has 1 amide bonds. The van der Waals surface area contributed by atoms with E-state index in [2.05, 4.69) is 6.07 Å². The van der Waals surface area contributed by atoms with Crippen LogP contribution in [0, 0.1) is 18.3 Å². The molecule has 4 heteroatoms. The highest BCUT2D eigenvalue weighted by Gasteiger charge is 2.35. The second-order valence-electron chi connectivity index (χ2n) is 3.64. The van der Waals surface area contributed by atoms with Crippen LogP contribution in [0.5, 0.6) is 0 Å². The Balaban J connectivity index is 2.42. The van der Waals surface area contributed by atoms with Gasteiger partial charge in [0.1, 0.15) is 12.1 Å². The van der Waals surface area contributed by atoms with Crippen molar-refractivity contribution in [1.29, 1.82) is 5.26 Å². The Morgan fingerprint density at radius 3 is 2.87 bits per heavy atom. The van der Waals surface area contributed by atoms with Gasteiger partial charge in [-0.2, -0.15) is 5.26 Å². The van der Waals surface area contributed by atoms with Crippen molar-refractivity contribution in [3.8, 4) is 6.07 Å². The summed E-state index contributed by atoms with van der Waals surface area (Å²) < 4.78 is 0. The number of nitriles is 1. The molecule has 1 unspecified atom stereocenters. The number of amides is 1. The van der Waals surface area contributed by atoms with Crippen molar-refractivity contribution < 1.29 is 4.79 Å². The van der Waals surface area contributed by atoms with Crippen molar-refractivity contribution in [2.45, 2.75) is 13.0 Å². The van der Waals surface area contributed by atoms with E-state index in [1.165, 1.54) is 0 Å². The molecule has 15 heavy (non-hydrogen) atoms. The number of rotatable bonds is 1. The lowest BCUT2D eigenvalue weighted by atomic mass is 10.0. The number of nitrogens with two attached hydrogens (primary N) is 1. The number of β-lactam (4-membered cyclic amide) rings is 1. The van der Waals surface area contributed by atoms with E-state index in [4.69, 9.17) is 11.0 Å². The van der Waals surface area contributed by atoms with Crippen LogP contribution in [0.1, 0.15) is 11.1 Å². The minimum absolute atomic E-state index is 0.114. The van der Waals surface area contributed by atoms with Crippen molar-refractivity contribution in [3.05, 3.63) is 29.3 Å². The van der Waals surface area contributed by atoms with E-state index in [1.807, 2.05) is 19.1 Å². The lowest BCUT2D eigenvalue weighted by Crippen LogP contribution is -2.61. The zero-order valence-corrected chi connectivity index (χ0v) is 8.40. The van der Waals surface area contributed by atoms with Crippen LogP contribution in [0.25, 0.3) is 0 Å². The van der Waals surface area contributed by atoms with Gasteiger partial charge < -0.3 is 10.6 Å². The fourth-order valence-corrected chi connectivity index (χ4v) is 1.69. The summed E-state index contributed by atoms with van der Waals surface area (Å²) in [4.78, 5) is 13.0. The molecule has 2 rings (SSSR count). The summed E-state index contributed by atoms with van der Waals surface area (Å²) in [7, 11) is 0. The third kappa shape index (κ3) is 1.37. The number of aryl methyl sites for hydroxylation is 1. The van der Waals surface area contributed by atoms with Crippen molar-refractivity contribution in [2.24, 2.45) is 5.73 Å². The summed E-state index contributed by atoms with van der Waals surface area (Å²) in [5.41, 5.74) is 7.61. The maximum Gasteiger partial charge on any atom is 0.245 e. The summed E-state index contributed by atoms with van der Waals surface area (Å²) in [5, 5.41) is 9.00. The van der Waals surface area contributed by atoms with Gasteiger partial charge in [-0.3, -0.25) is 4.79 Å². The predicted molar refractivity (Wildman–Crippen MR) is 56.2 cm³/mol. The SMILES string of the molecule is Cc1cccc(N2CC(N)C2=O)c1C#N. The second-order valence-corrected chi connectivity index (χ2v) is 3.64. The van der Waals surface area contributed by atoms with Gasteiger partial charge in [-0.1, -0.05) is 12.1 Å². The Bertz CT molecular complexity index is 461. The Labute approximate surface area is 87.9 Å². The molecule has 1 atom stereocenters. The van der Waals surface area contributed by atoms with Crippen molar-refractivity contribution in [1.82, 2.24) is 0 Å². The molecule has 1 fully saturated rings. The van der Waals surface area contributed by atoms with E-state index in [1.54, 1.807) is 11.0 Å². The Morgan fingerprint density at radius 2 is 2.33 bits per heavy atom. The molecule has 0 saturated carbocycles. The summed E-state index contributed by atoms with van der Waals surface area (Å²) in [5.74, 6) is -0.114. The molecule has 0 aliphatic carbocycles. The summed E-state index contributed by atoms with van der Waals surface area (Å²) in [6.45, 7) is 2.35. The van der Waals surface area contributed by atoms with E-state index in [0.717, 1.165) is 5.56 Å². The highest BCUT2D eigenvalue weighted by Crippen LogP contribution is 2.27. The second kappa shape index (κ2) is 3.37. The van der Waals surface area contributed by atoms with Crippen LogP contribution in [0.4, 0.5) is 5.69 Å². The molecule has 1 aromatic rings. The van der Waals surface area contributed by atoms with Gasteiger partial charge in [0.15, 0.2) is 0 Å².